The third-order valence-electron chi connectivity index (χ3n) is 7.37. The number of carbonyl (C=O) groups excluding carboxylic acids is 1. The average Bonchev–Trinajstić information content (AvgIpc) is 3.02. The first-order valence-corrected chi connectivity index (χ1v) is 13.1. The molecule has 0 unspecified atom stereocenters. The van der Waals surface area contributed by atoms with E-state index in [4.69, 9.17) is 9.47 Å². The molecule has 8 heteroatoms. The SMILES string of the molecule is O=C1c2ccc(O[C@@H]3CCCN(CCF)C3)cc2OCCN1C[C@H](O)CN1CCc2ccccc2C1. The Labute approximate surface area is 212 Å². The molecule has 1 N–H and O–H groups in total. The highest BCUT2D eigenvalue weighted by molar-refractivity contribution is 5.97. The lowest BCUT2D eigenvalue weighted by atomic mass is 10.00. The monoisotopic (exact) mass is 497 g/mol. The molecule has 2 atom stereocenters. The molecule has 194 valence electrons. The van der Waals surface area contributed by atoms with Crippen LogP contribution in [-0.2, 0) is 13.0 Å². The maximum Gasteiger partial charge on any atom is 0.257 e. The van der Waals surface area contributed by atoms with Gasteiger partial charge in [0.2, 0.25) is 0 Å². The lowest BCUT2D eigenvalue weighted by molar-refractivity contribution is 0.0501. The van der Waals surface area contributed by atoms with Gasteiger partial charge in [-0.05, 0) is 49.1 Å². The van der Waals surface area contributed by atoms with Crippen LogP contribution in [0, 0.1) is 0 Å². The van der Waals surface area contributed by atoms with Gasteiger partial charge in [-0.1, -0.05) is 24.3 Å². The van der Waals surface area contributed by atoms with Gasteiger partial charge < -0.3 is 19.5 Å². The number of hydrogen-bond acceptors (Lipinski definition) is 6. The van der Waals surface area contributed by atoms with E-state index in [9.17, 15) is 14.3 Å². The zero-order chi connectivity index (χ0) is 24.9. The summed E-state index contributed by atoms with van der Waals surface area (Å²) in [4.78, 5) is 19.3. The van der Waals surface area contributed by atoms with E-state index in [1.807, 2.05) is 0 Å². The number of β-amino-alcohol motifs (C(OH)–C–C–N with tert-alkyl or cyclic N) is 1. The number of likely N-dealkylation sites (tertiary alicyclic amines) is 1. The van der Waals surface area contributed by atoms with Crippen LogP contribution in [0.1, 0.15) is 34.3 Å². The minimum Gasteiger partial charge on any atom is -0.491 e. The zero-order valence-electron chi connectivity index (χ0n) is 20.8. The first kappa shape index (κ1) is 25.0. The molecule has 2 aromatic rings. The van der Waals surface area contributed by atoms with Gasteiger partial charge in [-0.3, -0.25) is 14.6 Å². The molecule has 0 saturated carbocycles. The lowest BCUT2D eigenvalue weighted by Crippen LogP contribution is -2.44. The van der Waals surface area contributed by atoms with Crippen molar-refractivity contribution in [3.8, 4) is 11.5 Å². The van der Waals surface area contributed by atoms with Crippen LogP contribution >= 0.6 is 0 Å². The summed E-state index contributed by atoms with van der Waals surface area (Å²) in [5.41, 5.74) is 3.18. The van der Waals surface area contributed by atoms with Gasteiger partial charge in [-0.25, -0.2) is 4.39 Å². The standard InChI is InChI=1S/C28H36FN3O4/c29-10-13-30-11-3-6-25(20-30)36-24-7-8-26-27(16-24)35-15-14-32(28(26)34)19-23(33)18-31-12-9-21-4-1-2-5-22(21)17-31/h1-2,4-5,7-8,16,23,25,33H,3,6,9-15,17-20H2/t23-,25-/m1/s1. The summed E-state index contributed by atoms with van der Waals surface area (Å²) in [5, 5.41) is 10.8. The van der Waals surface area contributed by atoms with Gasteiger partial charge in [0.25, 0.3) is 5.91 Å². The molecule has 2 aromatic carbocycles. The number of benzene rings is 2. The third-order valence-corrected chi connectivity index (χ3v) is 7.37. The highest BCUT2D eigenvalue weighted by atomic mass is 19.1. The van der Waals surface area contributed by atoms with E-state index in [0.29, 0.717) is 49.8 Å². The molecule has 0 radical (unpaired) electrons. The molecule has 1 fully saturated rings. The van der Waals surface area contributed by atoms with E-state index < -0.39 is 6.10 Å². The minimum atomic E-state index is -0.637. The highest BCUT2D eigenvalue weighted by Crippen LogP contribution is 2.30. The summed E-state index contributed by atoms with van der Waals surface area (Å²) < 4.78 is 24.8. The molecule has 3 aliphatic heterocycles. The summed E-state index contributed by atoms with van der Waals surface area (Å²) in [6.45, 7) is 5.00. The van der Waals surface area contributed by atoms with Crippen LogP contribution < -0.4 is 9.47 Å². The number of alkyl halides is 1. The van der Waals surface area contributed by atoms with Crippen molar-refractivity contribution < 1.29 is 23.8 Å². The van der Waals surface area contributed by atoms with Crippen molar-refractivity contribution in [1.29, 1.82) is 0 Å². The quantitative estimate of drug-likeness (QED) is 0.605. The second-order valence-corrected chi connectivity index (χ2v) is 10.0. The highest BCUT2D eigenvalue weighted by Gasteiger charge is 2.28. The van der Waals surface area contributed by atoms with Crippen LogP contribution in [0.5, 0.6) is 11.5 Å². The van der Waals surface area contributed by atoms with E-state index in [1.165, 1.54) is 11.1 Å². The number of piperidine rings is 1. The Morgan fingerprint density at radius 2 is 1.94 bits per heavy atom. The average molecular weight is 498 g/mol. The number of aliphatic hydroxyl groups is 1. The number of aliphatic hydroxyl groups excluding tert-OH is 1. The summed E-state index contributed by atoms with van der Waals surface area (Å²) in [6.07, 6.45) is 2.24. The van der Waals surface area contributed by atoms with Gasteiger partial charge in [-0.2, -0.15) is 0 Å². The molecule has 1 amide bonds. The molecular weight excluding hydrogens is 461 g/mol. The Bertz CT molecular complexity index is 1050. The van der Waals surface area contributed by atoms with Crippen LogP contribution in [0.3, 0.4) is 0 Å². The number of amides is 1. The first-order valence-electron chi connectivity index (χ1n) is 13.1. The van der Waals surface area contributed by atoms with E-state index >= 15 is 0 Å². The molecule has 5 rings (SSSR count). The van der Waals surface area contributed by atoms with Crippen molar-refractivity contribution in [1.82, 2.24) is 14.7 Å². The third kappa shape index (κ3) is 5.99. The molecule has 0 aromatic heterocycles. The van der Waals surface area contributed by atoms with Crippen molar-refractivity contribution in [2.75, 3.05) is 59.1 Å². The number of hydrogen-bond donors (Lipinski definition) is 1. The summed E-state index contributed by atoms with van der Waals surface area (Å²) in [7, 11) is 0. The van der Waals surface area contributed by atoms with Crippen molar-refractivity contribution >= 4 is 5.91 Å². The van der Waals surface area contributed by atoms with Crippen LogP contribution in [0.25, 0.3) is 0 Å². The van der Waals surface area contributed by atoms with E-state index in [0.717, 1.165) is 38.9 Å². The van der Waals surface area contributed by atoms with Crippen molar-refractivity contribution in [3.05, 3.63) is 59.2 Å². The summed E-state index contributed by atoms with van der Waals surface area (Å²) in [5.74, 6) is 1.04. The fourth-order valence-electron chi connectivity index (χ4n) is 5.53. The number of carbonyl (C=O) groups is 1. The van der Waals surface area contributed by atoms with Gasteiger partial charge in [-0.15, -0.1) is 0 Å². The molecule has 0 spiro atoms. The Hall–Kier alpha value is -2.68. The molecule has 0 aliphatic carbocycles. The molecule has 36 heavy (non-hydrogen) atoms. The zero-order valence-corrected chi connectivity index (χ0v) is 20.8. The second-order valence-electron chi connectivity index (χ2n) is 10.0. The first-order chi connectivity index (χ1) is 17.6. The second kappa shape index (κ2) is 11.6. The number of halogens is 1. The van der Waals surface area contributed by atoms with Gasteiger partial charge in [0.15, 0.2) is 0 Å². The number of fused-ring (bicyclic) bond motifs is 2. The fraction of sp³-hybridized carbons (Fsp3) is 0.536. The Morgan fingerprint density at radius 1 is 1.08 bits per heavy atom. The van der Waals surface area contributed by atoms with Gasteiger partial charge in [0.1, 0.15) is 30.9 Å². The summed E-state index contributed by atoms with van der Waals surface area (Å²) in [6, 6.07) is 13.8. The topological polar surface area (TPSA) is 65.5 Å². The largest absolute Gasteiger partial charge is 0.491 e. The Balaban J connectivity index is 1.18. The van der Waals surface area contributed by atoms with Gasteiger partial charge in [0.05, 0.1) is 18.2 Å². The molecule has 1 saturated heterocycles. The van der Waals surface area contributed by atoms with Gasteiger partial charge in [0, 0.05) is 45.3 Å². The minimum absolute atomic E-state index is 0.00164. The van der Waals surface area contributed by atoms with Gasteiger partial charge >= 0.3 is 0 Å². The number of nitrogens with zero attached hydrogens (tertiary/aromatic N) is 3. The molecule has 3 aliphatic rings. The summed E-state index contributed by atoms with van der Waals surface area (Å²) >= 11 is 0. The van der Waals surface area contributed by atoms with Crippen LogP contribution in [0.4, 0.5) is 4.39 Å². The smallest absolute Gasteiger partial charge is 0.257 e. The maximum atomic E-state index is 13.3. The normalized spacial score (nSPS) is 21.8. The Morgan fingerprint density at radius 3 is 2.81 bits per heavy atom. The molecule has 3 heterocycles. The maximum absolute atomic E-state index is 13.3. The van der Waals surface area contributed by atoms with Crippen molar-refractivity contribution in [2.24, 2.45) is 0 Å². The van der Waals surface area contributed by atoms with E-state index in [-0.39, 0.29) is 25.2 Å². The Kier molecular flexibility index (Phi) is 8.04. The predicted octanol–water partition coefficient (Wildman–Crippen LogP) is 2.75. The van der Waals surface area contributed by atoms with Crippen LogP contribution in [0.15, 0.2) is 42.5 Å². The van der Waals surface area contributed by atoms with E-state index in [1.54, 1.807) is 23.1 Å². The van der Waals surface area contributed by atoms with Crippen molar-refractivity contribution in [3.63, 3.8) is 0 Å². The molecular formula is C28H36FN3O4. The predicted molar refractivity (Wildman–Crippen MR) is 135 cm³/mol. The van der Waals surface area contributed by atoms with Crippen LogP contribution in [0.2, 0.25) is 0 Å². The van der Waals surface area contributed by atoms with E-state index in [2.05, 4.69) is 34.1 Å². The molecule has 7 nitrogen and oxygen atoms in total. The van der Waals surface area contributed by atoms with Crippen molar-refractivity contribution in [2.45, 2.75) is 38.0 Å². The van der Waals surface area contributed by atoms with Crippen LogP contribution in [-0.4, -0.2) is 97.0 Å². The molecule has 0 bridgehead atoms. The number of ether oxygens (including phenoxy) is 2. The fourth-order valence-corrected chi connectivity index (χ4v) is 5.53. The lowest BCUT2D eigenvalue weighted by Gasteiger charge is -2.32. The number of rotatable bonds is 8.